The molecule has 11 heteroatoms. The lowest BCUT2D eigenvalue weighted by Crippen LogP contribution is -2.56. The lowest BCUT2D eigenvalue weighted by Gasteiger charge is -2.39. The summed E-state index contributed by atoms with van der Waals surface area (Å²) in [6.45, 7) is 7.59. The number of carbonyl (C=O) groups excluding carboxylic acids is 3. The van der Waals surface area contributed by atoms with Crippen LogP contribution in [0.2, 0.25) is 0 Å². The summed E-state index contributed by atoms with van der Waals surface area (Å²) < 4.78 is 31.9. The summed E-state index contributed by atoms with van der Waals surface area (Å²) in [5.41, 5.74) is 0.279. The van der Waals surface area contributed by atoms with Crippen LogP contribution >= 0.6 is 0 Å². The third kappa shape index (κ3) is 5.13. The number of aromatic nitrogens is 2. The van der Waals surface area contributed by atoms with Crippen molar-refractivity contribution in [3.8, 4) is 0 Å². The molecule has 1 aliphatic rings. The third-order valence-corrected chi connectivity index (χ3v) is 5.54. The number of nitrogens with zero attached hydrogens (tertiary/aromatic N) is 4. The Kier molecular flexibility index (Phi) is 7.43. The molecule has 2 aromatic rings. The third-order valence-electron chi connectivity index (χ3n) is 5.54. The van der Waals surface area contributed by atoms with Gasteiger partial charge in [0.1, 0.15) is 28.7 Å². The van der Waals surface area contributed by atoms with Crippen LogP contribution in [0.4, 0.5) is 19.3 Å². The minimum atomic E-state index is -0.884. The number of benzene rings is 1. The van der Waals surface area contributed by atoms with Crippen LogP contribution in [0.1, 0.15) is 59.1 Å². The van der Waals surface area contributed by atoms with Crippen molar-refractivity contribution in [1.29, 1.82) is 0 Å². The van der Waals surface area contributed by atoms with Gasteiger partial charge < -0.3 is 19.9 Å². The predicted octanol–water partition coefficient (Wildman–Crippen LogP) is 3.35. The Labute approximate surface area is 196 Å². The molecular weight excluding hydrogens is 448 g/mol. The number of rotatable bonds is 4. The second kappa shape index (κ2) is 10.1. The predicted molar refractivity (Wildman–Crippen MR) is 120 cm³/mol. The van der Waals surface area contributed by atoms with Crippen molar-refractivity contribution < 1.29 is 27.9 Å². The highest BCUT2D eigenvalue weighted by Crippen LogP contribution is 2.24. The number of urea groups is 1. The van der Waals surface area contributed by atoms with Crippen molar-refractivity contribution in [1.82, 2.24) is 19.8 Å². The number of halogens is 2. The molecule has 9 nitrogen and oxygen atoms in total. The highest BCUT2D eigenvalue weighted by molar-refractivity contribution is 6.04. The van der Waals surface area contributed by atoms with Crippen LogP contribution in [0.5, 0.6) is 0 Å². The smallest absolute Gasteiger partial charge is 0.342 e. The van der Waals surface area contributed by atoms with E-state index in [-0.39, 0.29) is 42.5 Å². The SMILES string of the molecule is COC(=O)c1c(C(=O)N2CCN(C(=O)Nc3ccc(F)cc3F)C(C)C2)nc(C)nc1C(C)C. The van der Waals surface area contributed by atoms with E-state index in [1.54, 1.807) is 13.8 Å². The Bertz CT molecular complexity index is 1120. The molecule has 0 aliphatic carbocycles. The second-order valence-electron chi connectivity index (χ2n) is 8.37. The lowest BCUT2D eigenvalue weighted by molar-refractivity contribution is 0.0550. The maximum atomic E-state index is 13.9. The minimum absolute atomic E-state index is 0.0349. The van der Waals surface area contributed by atoms with Gasteiger partial charge in [-0.2, -0.15) is 0 Å². The van der Waals surface area contributed by atoms with E-state index < -0.39 is 35.6 Å². The van der Waals surface area contributed by atoms with Crippen LogP contribution in [0.15, 0.2) is 18.2 Å². The fourth-order valence-corrected chi connectivity index (χ4v) is 3.84. The summed E-state index contributed by atoms with van der Waals surface area (Å²) in [5.74, 6) is -2.59. The molecular formula is C23H27F2N5O4. The van der Waals surface area contributed by atoms with Crippen LogP contribution in [-0.2, 0) is 4.74 Å². The second-order valence-corrected chi connectivity index (χ2v) is 8.37. The monoisotopic (exact) mass is 475 g/mol. The van der Waals surface area contributed by atoms with E-state index in [1.165, 1.54) is 16.9 Å². The lowest BCUT2D eigenvalue weighted by atomic mass is 10.0. The first-order valence-electron chi connectivity index (χ1n) is 10.8. The first kappa shape index (κ1) is 25.0. The molecule has 1 aromatic heterocycles. The number of esters is 1. The highest BCUT2D eigenvalue weighted by Gasteiger charge is 2.34. The van der Waals surface area contributed by atoms with Gasteiger partial charge in [-0.05, 0) is 31.9 Å². The number of aryl methyl sites for hydroxylation is 1. The molecule has 182 valence electrons. The fourth-order valence-electron chi connectivity index (χ4n) is 3.84. The van der Waals surface area contributed by atoms with Gasteiger partial charge in [-0.3, -0.25) is 4.79 Å². The quantitative estimate of drug-likeness (QED) is 0.680. The minimum Gasteiger partial charge on any atom is -0.465 e. The molecule has 0 radical (unpaired) electrons. The average molecular weight is 475 g/mol. The topological polar surface area (TPSA) is 105 Å². The Hall–Kier alpha value is -3.63. The van der Waals surface area contributed by atoms with Crippen molar-refractivity contribution in [2.24, 2.45) is 0 Å². The van der Waals surface area contributed by atoms with Gasteiger partial charge in [-0.25, -0.2) is 28.3 Å². The zero-order valence-corrected chi connectivity index (χ0v) is 19.7. The van der Waals surface area contributed by atoms with E-state index >= 15 is 0 Å². The Morgan fingerprint density at radius 2 is 1.88 bits per heavy atom. The molecule has 1 aromatic carbocycles. The molecule has 0 spiro atoms. The molecule has 1 aliphatic heterocycles. The van der Waals surface area contributed by atoms with Crippen molar-refractivity contribution in [3.63, 3.8) is 0 Å². The molecule has 1 fully saturated rings. The Balaban J connectivity index is 1.79. The normalized spacial score (nSPS) is 15.9. The average Bonchev–Trinajstić information content (AvgIpc) is 2.79. The summed E-state index contributed by atoms with van der Waals surface area (Å²) in [5, 5.41) is 2.43. The van der Waals surface area contributed by atoms with Gasteiger partial charge in [-0.1, -0.05) is 13.8 Å². The maximum absolute atomic E-state index is 13.9. The maximum Gasteiger partial charge on any atom is 0.342 e. The summed E-state index contributed by atoms with van der Waals surface area (Å²) in [6.07, 6.45) is 0. The fraction of sp³-hybridized carbons (Fsp3) is 0.435. The molecule has 3 amide bonds. The van der Waals surface area contributed by atoms with Crippen molar-refractivity contribution in [2.75, 3.05) is 32.1 Å². The van der Waals surface area contributed by atoms with Crippen LogP contribution < -0.4 is 5.32 Å². The van der Waals surface area contributed by atoms with E-state index in [4.69, 9.17) is 4.74 Å². The van der Waals surface area contributed by atoms with Gasteiger partial charge >= 0.3 is 12.0 Å². The van der Waals surface area contributed by atoms with Gasteiger partial charge in [0.25, 0.3) is 5.91 Å². The first-order chi connectivity index (χ1) is 16.0. The van der Waals surface area contributed by atoms with Crippen LogP contribution in [-0.4, -0.2) is 70.5 Å². The number of hydrogen-bond acceptors (Lipinski definition) is 6. The number of hydrogen-bond donors (Lipinski definition) is 1. The zero-order chi connectivity index (χ0) is 25.2. The molecule has 0 bridgehead atoms. The first-order valence-corrected chi connectivity index (χ1v) is 10.8. The molecule has 2 heterocycles. The molecule has 1 atom stereocenters. The van der Waals surface area contributed by atoms with Gasteiger partial charge in [0.2, 0.25) is 0 Å². The van der Waals surface area contributed by atoms with Crippen molar-refractivity contribution in [2.45, 2.75) is 39.7 Å². The number of methoxy groups -OCH3 is 1. The molecule has 1 saturated heterocycles. The Morgan fingerprint density at radius 1 is 1.18 bits per heavy atom. The van der Waals surface area contributed by atoms with Gasteiger partial charge in [-0.15, -0.1) is 0 Å². The summed E-state index contributed by atoms with van der Waals surface area (Å²) >= 11 is 0. The van der Waals surface area contributed by atoms with E-state index in [0.29, 0.717) is 17.6 Å². The van der Waals surface area contributed by atoms with Crippen LogP contribution in [0.25, 0.3) is 0 Å². The molecule has 0 saturated carbocycles. The summed E-state index contributed by atoms with van der Waals surface area (Å²) in [7, 11) is 1.23. The number of anilines is 1. The van der Waals surface area contributed by atoms with E-state index in [2.05, 4.69) is 15.3 Å². The summed E-state index contributed by atoms with van der Waals surface area (Å²) in [4.78, 5) is 50.1. The standard InChI is InChI=1S/C23H27F2N5O4/c1-12(2)19-18(22(32)34-5)20(27-14(4)26-19)21(31)29-8-9-30(13(3)11-29)23(33)28-17-7-6-15(24)10-16(17)25/h6-7,10,12-13H,8-9,11H2,1-5H3,(H,28,33). The molecule has 1 unspecified atom stereocenters. The van der Waals surface area contributed by atoms with Gasteiger partial charge in [0, 0.05) is 31.7 Å². The van der Waals surface area contributed by atoms with Crippen LogP contribution in [0.3, 0.4) is 0 Å². The zero-order valence-electron chi connectivity index (χ0n) is 19.7. The number of piperazine rings is 1. The van der Waals surface area contributed by atoms with Crippen molar-refractivity contribution in [3.05, 3.63) is 52.6 Å². The molecule has 34 heavy (non-hydrogen) atoms. The number of amides is 3. The van der Waals surface area contributed by atoms with E-state index in [9.17, 15) is 23.2 Å². The molecule has 1 N–H and O–H groups in total. The van der Waals surface area contributed by atoms with E-state index in [1.807, 2.05) is 13.8 Å². The number of carbonyl (C=O) groups is 3. The Morgan fingerprint density at radius 3 is 2.47 bits per heavy atom. The number of nitrogens with one attached hydrogen (secondary N) is 1. The number of ether oxygens (including phenoxy) is 1. The van der Waals surface area contributed by atoms with Gasteiger partial charge in [0.15, 0.2) is 0 Å². The highest BCUT2D eigenvalue weighted by atomic mass is 19.1. The van der Waals surface area contributed by atoms with Crippen molar-refractivity contribution >= 4 is 23.6 Å². The van der Waals surface area contributed by atoms with Crippen LogP contribution in [0, 0.1) is 18.6 Å². The summed E-state index contributed by atoms with van der Waals surface area (Å²) in [6, 6.07) is 1.89. The molecule has 3 rings (SSSR count). The van der Waals surface area contributed by atoms with E-state index in [0.717, 1.165) is 12.1 Å². The largest absolute Gasteiger partial charge is 0.465 e. The van der Waals surface area contributed by atoms with Gasteiger partial charge in [0.05, 0.1) is 18.5 Å².